The van der Waals surface area contributed by atoms with Crippen molar-refractivity contribution in [2.75, 3.05) is 6.54 Å². The molecule has 0 bridgehead atoms. The van der Waals surface area contributed by atoms with Crippen LogP contribution in [0.15, 0.2) is 24.4 Å². The number of rotatable bonds is 5. The SMILES string of the molecule is Cc1ccc2c(CCNC(=O)[C@@H]3C[C@H]3C(=O)O)c[nH]c2c1. The lowest BCUT2D eigenvalue weighted by molar-refractivity contribution is -0.140. The highest BCUT2D eigenvalue weighted by Crippen LogP contribution is 2.38. The second-order valence-corrected chi connectivity index (χ2v) is 5.69. The molecule has 1 aliphatic rings. The second-order valence-electron chi connectivity index (χ2n) is 5.69. The summed E-state index contributed by atoms with van der Waals surface area (Å²) >= 11 is 0. The zero-order chi connectivity index (χ0) is 15.0. The van der Waals surface area contributed by atoms with Gasteiger partial charge in [0.2, 0.25) is 5.91 Å². The number of carboxylic acids is 1. The summed E-state index contributed by atoms with van der Waals surface area (Å²) in [6, 6.07) is 6.25. The van der Waals surface area contributed by atoms with E-state index in [0.29, 0.717) is 13.0 Å². The van der Waals surface area contributed by atoms with Gasteiger partial charge in [0.15, 0.2) is 0 Å². The molecule has 0 spiro atoms. The van der Waals surface area contributed by atoms with Gasteiger partial charge in [0, 0.05) is 23.6 Å². The number of carboxylic acid groups (broad SMARTS) is 1. The van der Waals surface area contributed by atoms with Crippen LogP contribution in [0.5, 0.6) is 0 Å². The number of aliphatic carboxylic acids is 1. The summed E-state index contributed by atoms with van der Waals surface area (Å²) in [5.74, 6) is -1.84. The maximum atomic E-state index is 11.8. The van der Waals surface area contributed by atoms with Crippen LogP contribution in [0.1, 0.15) is 17.5 Å². The van der Waals surface area contributed by atoms with E-state index >= 15 is 0 Å². The number of aromatic nitrogens is 1. The van der Waals surface area contributed by atoms with Gasteiger partial charge in [-0.2, -0.15) is 0 Å². The third-order valence-electron chi connectivity index (χ3n) is 4.06. The van der Waals surface area contributed by atoms with E-state index in [1.165, 1.54) is 10.9 Å². The van der Waals surface area contributed by atoms with Gasteiger partial charge in [-0.25, -0.2) is 0 Å². The number of hydrogen-bond donors (Lipinski definition) is 3. The molecule has 0 unspecified atom stereocenters. The molecule has 0 saturated heterocycles. The van der Waals surface area contributed by atoms with Crippen LogP contribution in [0.3, 0.4) is 0 Å². The summed E-state index contributed by atoms with van der Waals surface area (Å²) in [5.41, 5.74) is 3.47. The molecular weight excluding hydrogens is 268 g/mol. The van der Waals surface area contributed by atoms with Gasteiger partial charge >= 0.3 is 5.97 Å². The topological polar surface area (TPSA) is 82.2 Å². The quantitative estimate of drug-likeness (QED) is 0.784. The minimum atomic E-state index is -0.873. The van der Waals surface area contributed by atoms with Gasteiger partial charge in [-0.05, 0) is 37.0 Å². The van der Waals surface area contributed by atoms with Crippen LogP contribution in [0, 0.1) is 18.8 Å². The van der Waals surface area contributed by atoms with E-state index in [9.17, 15) is 9.59 Å². The highest BCUT2D eigenvalue weighted by molar-refractivity contribution is 5.89. The number of benzene rings is 1. The van der Waals surface area contributed by atoms with Crippen molar-refractivity contribution in [2.24, 2.45) is 11.8 Å². The number of fused-ring (bicyclic) bond motifs is 1. The lowest BCUT2D eigenvalue weighted by Crippen LogP contribution is -2.28. The minimum absolute atomic E-state index is 0.141. The Kier molecular flexibility index (Phi) is 3.41. The molecule has 110 valence electrons. The fourth-order valence-corrected chi connectivity index (χ4v) is 2.72. The lowest BCUT2D eigenvalue weighted by Gasteiger charge is -2.04. The second kappa shape index (κ2) is 5.24. The van der Waals surface area contributed by atoms with E-state index in [4.69, 9.17) is 5.11 Å². The summed E-state index contributed by atoms with van der Waals surface area (Å²) in [7, 11) is 0. The Balaban J connectivity index is 1.55. The lowest BCUT2D eigenvalue weighted by atomic mass is 10.1. The van der Waals surface area contributed by atoms with Crippen LogP contribution in [0.4, 0.5) is 0 Å². The third-order valence-corrected chi connectivity index (χ3v) is 4.06. The van der Waals surface area contributed by atoms with E-state index in [1.54, 1.807) is 0 Å². The molecule has 1 saturated carbocycles. The number of nitrogens with one attached hydrogen (secondary N) is 2. The monoisotopic (exact) mass is 286 g/mol. The van der Waals surface area contributed by atoms with Crippen molar-refractivity contribution in [3.8, 4) is 0 Å². The van der Waals surface area contributed by atoms with E-state index < -0.39 is 11.9 Å². The number of carbonyl (C=O) groups excluding carboxylic acids is 1. The minimum Gasteiger partial charge on any atom is -0.481 e. The predicted molar refractivity (Wildman–Crippen MR) is 79.0 cm³/mol. The average Bonchev–Trinajstić information content (AvgIpc) is 3.16. The first-order valence-corrected chi connectivity index (χ1v) is 7.13. The van der Waals surface area contributed by atoms with Crippen LogP contribution in [0.25, 0.3) is 10.9 Å². The third kappa shape index (κ3) is 2.77. The molecule has 2 aromatic rings. The van der Waals surface area contributed by atoms with Crippen LogP contribution >= 0.6 is 0 Å². The number of hydrogen-bond acceptors (Lipinski definition) is 2. The molecule has 1 amide bonds. The van der Waals surface area contributed by atoms with Crippen LogP contribution in [0.2, 0.25) is 0 Å². The van der Waals surface area contributed by atoms with Crippen LogP contribution in [-0.4, -0.2) is 28.5 Å². The Morgan fingerprint density at radius 3 is 2.90 bits per heavy atom. The molecule has 1 fully saturated rings. The number of aromatic amines is 1. The van der Waals surface area contributed by atoms with Gasteiger partial charge in [0.25, 0.3) is 0 Å². The van der Waals surface area contributed by atoms with Gasteiger partial charge in [-0.15, -0.1) is 0 Å². The average molecular weight is 286 g/mol. The van der Waals surface area contributed by atoms with Gasteiger partial charge in [-0.1, -0.05) is 12.1 Å². The van der Waals surface area contributed by atoms with Crippen molar-refractivity contribution in [1.29, 1.82) is 0 Å². The summed E-state index contributed by atoms with van der Waals surface area (Å²) < 4.78 is 0. The Bertz CT molecular complexity index is 705. The normalized spacial score (nSPS) is 20.4. The van der Waals surface area contributed by atoms with Crippen molar-refractivity contribution < 1.29 is 14.7 Å². The molecule has 1 aromatic carbocycles. The maximum Gasteiger partial charge on any atom is 0.307 e. The standard InChI is InChI=1S/C16H18N2O3/c1-9-2-3-11-10(8-18-14(11)6-9)4-5-17-15(19)12-7-13(12)16(20)21/h2-3,6,8,12-13,18H,4-5,7H2,1H3,(H,17,19)(H,20,21)/t12-,13-/m1/s1. The Morgan fingerprint density at radius 1 is 1.38 bits per heavy atom. The fraction of sp³-hybridized carbons (Fsp3) is 0.375. The number of amides is 1. The van der Waals surface area contributed by atoms with Crippen molar-refractivity contribution >= 4 is 22.8 Å². The molecule has 1 heterocycles. The molecule has 5 nitrogen and oxygen atoms in total. The smallest absolute Gasteiger partial charge is 0.307 e. The van der Waals surface area contributed by atoms with Crippen LogP contribution in [-0.2, 0) is 16.0 Å². The number of aryl methyl sites for hydroxylation is 1. The predicted octanol–water partition coefficient (Wildman–Crippen LogP) is 1.86. The van der Waals surface area contributed by atoms with Gasteiger partial charge in [0.05, 0.1) is 11.8 Å². The summed E-state index contributed by atoms with van der Waals surface area (Å²) in [6.07, 6.45) is 3.17. The van der Waals surface area contributed by atoms with Crippen LogP contribution < -0.4 is 5.32 Å². The Labute approximate surface area is 122 Å². The molecule has 1 aromatic heterocycles. The first-order chi connectivity index (χ1) is 10.1. The summed E-state index contributed by atoms with van der Waals surface area (Å²) in [4.78, 5) is 25.7. The zero-order valence-corrected chi connectivity index (χ0v) is 11.8. The first kappa shape index (κ1) is 13.7. The maximum absolute atomic E-state index is 11.8. The van der Waals surface area contributed by atoms with Crippen molar-refractivity contribution in [3.63, 3.8) is 0 Å². The summed E-state index contributed by atoms with van der Waals surface area (Å²) in [5, 5.41) is 12.8. The highest BCUT2D eigenvalue weighted by atomic mass is 16.4. The highest BCUT2D eigenvalue weighted by Gasteiger charge is 2.48. The van der Waals surface area contributed by atoms with Gasteiger partial charge < -0.3 is 15.4 Å². The molecule has 0 radical (unpaired) electrons. The van der Waals surface area contributed by atoms with Crippen molar-refractivity contribution in [2.45, 2.75) is 19.8 Å². The zero-order valence-electron chi connectivity index (χ0n) is 11.8. The summed E-state index contributed by atoms with van der Waals surface area (Å²) in [6.45, 7) is 2.58. The largest absolute Gasteiger partial charge is 0.481 e. The van der Waals surface area contributed by atoms with E-state index in [0.717, 1.165) is 17.5 Å². The van der Waals surface area contributed by atoms with Gasteiger partial charge in [-0.3, -0.25) is 9.59 Å². The molecule has 21 heavy (non-hydrogen) atoms. The fourth-order valence-electron chi connectivity index (χ4n) is 2.72. The van der Waals surface area contributed by atoms with E-state index in [-0.39, 0.29) is 11.8 Å². The molecule has 3 rings (SSSR count). The molecule has 0 aliphatic heterocycles. The Morgan fingerprint density at radius 2 is 2.19 bits per heavy atom. The Hall–Kier alpha value is -2.30. The van der Waals surface area contributed by atoms with Crippen molar-refractivity contribution in [1.82, 2.24) is 10.3 Å². The number of H-pyrrole nitrogens is 1. The molecule has 5 heteroatoms. The molecule has 1 aliphatic carbocycles. The molecular formula is C16H18N2O3. The number of carbonyl (C=O) groups is 2. The molecule has 3 N–H and O–H groups in total. The molecule has 2 atom stereocenters. The van der Waals surface area contributed by atoms with Gasteiger partial charge in [0.1, 0.15) is 0 Å². The van der Waals surface area contributed by atoms with Crippen molar-refractivity contribution in [3.05, 3.63) is 35.5 Å². The first-order valence-electron chi connectivity index (χ1n) is 7.13. The van der Waals surface area contributed by atoms with E-state index in [1.807, 2.05) is 6.20 Å². The van der Waals surface area contributed by atoms with E-state index in [2.05, 4.69) is 35.4 Å².